The van der Waals surface area contributed by atoms with Gasteiger partial charge in [-0.05, 0) is 32.3 Å². The van der Waals surface area contributed by atoms with E-state index in [9.17, 15) is 4.79 Å². The van der Waals surface area contributed by atoms with E-state index < -0.39 is 0 Å². The first-order chi connectivity index (χ1) is 9.99. The molecular weight excluding hydrogens is 286 g/mol. The molecule has 0 radical (unpaired) electrons. The standard InChI is InChI=1S/C15H25N3O2S/c1-4-7-17-14(19)13-11(16)9-12(21-13)18-8-5-6-15(2,10-18)20-3/h9H,4-8,10,16H2,1-3H3,(H,17,19). The molecule has 21 heavy (non-hydrogen) atoms. The van der Waals surface area contributed by atoms with Crippen molar-refractivity contribution in [3.8, 4) is 0 Å². The number of nitrogens with one attached hydrogen (secondary N) is 1. The zero-order valence-corrected chi connectivity index (χ0v) is 13.9. The molecule has 1 aromatic heterocycles. The number of ether oxygens (including phenoxy) is 1. The van der Waals surface area contributed by atoms with Gasteiger partial charge in [0.25, 0.3) is 5.91 Å². The monoisotopic (exact) mass is 311 g/mol. The Morgan fingerprint density at radius 1 is 1.62 bits per heavy atom. The summed E-state index contributed by atoms with van der Waals surface area (Å²) in [6.45, 7) is 6.65. The summed E-state index contributed by atoms with van der Waals surface area (Å²) >= 11 is 1.47. The van der Waals surface area contributed by atoms with E-state index in [1.165, 1.54) is 11.3 Å². The molecule has 118 valence electrons. The molecule has 5 nitrogen and oxygen atoms in total. The van der Waals surface area contributed by atoms with Crippen LogP contribution in [0.5, 0.6) is 0 Å². The van der Waals surface area contributed by atoms with E-state index in [-0.39, 0.29) is 11.5 Å². The van der Waals surface area contributed by atoms with Crippen molar-refractivity contribution < 1.29 is 9.53 Å². The van der Waals surface area contributed by atoms with Crippen molar-refractivity contribution in [2.75, 3.05) is 37.4 Å². The molecule has 0 saturated carbocycles. The number of thiophene rings is 1. The van der Waals surface area contributed by atoms with E-state index in [0.717, 1.165) is 37.4 Å². The normalized spacial score (nSPS) is 22.3. The summed E-state index contributed by atoms with van der Waals surface area (Å²) in [5.74, 6) is -0.0721. The molecule has 1 aromatic rings. The van der Waals surface area contributed by atoms with E-state index in [0.29, 0.717) is 17.1 Å². The highest BCUT2D eigenvalue weighted by molar-refractivity contribution is 7.18. The SMILES string of the molecule is CCCNC(=O)c1sc(N2CCCC(C)(OC)C2)cc1N. The maximum Gasteiger partial charge on any atom is 0.263 e. The van der Waals surface area contributed by atoms with Crippen molar-refractivity contribution in [1.29, 1.82) is 0 Å². The first-order valence-corrected chi connectivity index (χ1v) is 8.28. The first-order valence-electron chi connectivity index (χ1n) is 7.46. The number of nitrogen functional groups attached to an aromatic ring is 1. The van der Waals surface area contributed by atoms with Crippen LogP contribution in [-0.4, -0.2) is 38.3 Å². The maximum absolute atomic E-state index is 12.1. The number of hydrogen-bond donors (Lipinski definition) is 2. The van der Waals surface area contributed by atoms with Crippen LogP contribution < -0.4 is 16.0 Å². The summed E-state index contributed by atoms with van der Waals surface area (Å²) in [5.41, 5.74) is 6.45. The highest BCUT2D eigenvalue weighted by atomic mass is 32.1. The smallest absolute Gasteiger partial charge is 0.263 e. The topological polar surface area (TPSA) is 67.6 Å². The maximum atomic E-state index is 12.1. The number of carbonyl (C=O) groups is 1. The molecule has 3 N–H and O–H groups in total. The zero-order chi connectivity index (χ0) is 15.5. The van der Waals surface area contributed by atoms with Crippen molar-refractivity contribution in [3.63, 3.8) is 0 Å². The Bertz CT molecular complexity index is 503. The third-order valence-corrected chi connectivity index (χ3v) is 5.16. The average Bonchev–Trinajstić information content (AvgIpc) is 2.87. The van der Waals surface area contributed by atoms with E-state index in [1.807, 2.05) is 13.0 Å². The van der Waals surface area contributed by atoms with Crippen LogP contribution >= 0.6 is 11.3 Å². The van der Waals surface area contributed by atoms with E-state index in [4.69, 9.17) is 10.5 Å². The summed E-state index contributed by atoms with van der Waals surface area (Å²) in [6.07, 6.45) is 3.06. The third-order valence-electron chi connectivity index (χ3n) is 3.95. The minimum atomic E-state index is -0.123. The van der Waals surface area contributed by atoms with Crippen LogP contribution in [0.15, 0.2) is 6.07 Å². The molecule has 0 bridgehead atoms. The number of amides is 1. The summed E-state index contributed by atoms with van der Waals surface area (Å²) in [6, 6.07) is 1.91. The van der Waals surface area contributed by atoms with E-state index in [1.54, 1.807) is 7.11 Å². The second-order valence-electron chi connectivity index (χ2n) is 5.80. The van der Waals surface area contributed by atoms with Crippen molar-refractivity contribution in [3.05, 3.63) is 10.9 Å². The molecule has 1 fully saturated rings. The van der Waals surface area contributed by atoms with Crippen molar-refractivity contribution in [1.82, 2.24) is 5.32 Å². The Hall–Kier alpha value is -1.27. The lowest BCUT2D eigenvalue weighted by Crippen LogP contribution is -2.47. The highest BCUT2D eigenvalue weighted by Crippen LogP contribution is 2.36. The Kier molecular flexibility index (Phi) is 5.11. The lowest BCUT2D eigenvalue weighted by atomic mass is 9.95. The molecule has 1 aliphatic rings. The van der Waals surface area contributed by atoms with Gasteiger partial charge < -0.3 is 20.7 Å². The average molecular weight is 311 g/mol. The quantitative estimate of drug-likeness (QED) is 0.876. The number of anilines is 2. The summed E-state index contributed by atoms with van der Waals surface area (Å²) in [4.78, 5) is 15.0. The Morgan fingerprint density at radius 3 is 3.05 bits per heavy atom. The third kappa shape index (κ3) is 3.68. The lowest BCUT2D eigenvalue weighted by Gasteiger charge is -2.39. The van der Waals surface area contributed by atoms with Gasteiger partial charge in [-0.2, -0.15) is 0 Å². The second kappa shape index (κ2) is 6.66. The molecular formula is C15H25N3O2S. The zero-order valence-electron chi connectivity index (χ0n) is 13.1. The largest absolute Gasteiger partial charge is 0.397 e. The highest BCUT2D eigenvalue weighted by Gasteiger charge is 2.32. The van der Waals surface area contributed by atoms with Crippen LogP contribution in [0.2, 0.25) is 0 Å². The van der Waals surface area contributed by atoms with Crippen LogP contribution in [-0.2, 0) is 4.74 Å². The van der Waals surface area contributed by atoms with Crippen LogP contribution in [0.25, 0.3) is 0 Å². The molecule has 1 saturated heterocycles. The number of piperidine rings is 1. The van der Waals surface area contributed by atoms with Gasteiger partial charge >= 0.3 is 0 Å². The molecule has 0 aromatic carbocycles. The van der Waals surface area contributed by atoms with Crippen molar-refractivity contribution in [2.24, 2.45) is 0 Å². The second-order valence-corrected chi connectivity index (χ2v) is 6.83. The predicted molar refractivity (Wildman–Crippen MR) is 88.2 cm³/mol. The molecule has 2 heterocycles. The molecule has 1 atom stereocenters. The van der Waals surface area contributed by atoms with Crippen molar-refractivity contribution >= 4 is 27.9 Å². The number of rotatable bonds is 5. The fraction of sp³-hybridized carbons (Fsp3) is 0.667. The van der Waals surface area contributed by atoms with Gasteiger partial charge in [0.1, 0.15) is 4.88 Å². The number of methoxy groups -OCH3 is 1. The molecule has 0 aliphatic carbocycles. The van der Waals surface area contributed by atoms with Gasteiger partial charge in [0.05, 0.1) is 16.3 Å². The molecule has 1 aliphatic heterocycles. The minimum Gasteiger partial charge on any atom is -0.397 e. The number of nitrogens with zero attached hydrogens (tertiary/aromatic N) is 1. The first kappa shape index (κ1) is 16.1. The fourth-order valence-corrected chi connectivity index (χ4v) is 3.63. The van der Waals surface area contributed by atoms with Gasteiger partial charge in [0, 0.05) is 26.7 Å². The molecule has 0 spiro atoms. The van der Waals surface area contributed by atoms with Crippen LogP contribution in [0.3, 0.4) is 0 Å². The van der Waals surface area contributed by atoms with E-state index in [2.05, 4.69) is 17.1 Å². The Morgan fingerprint density at radius 2 is 2.38 bits per heavy atom. The Labute approximate surface area is 130 Å². The van der Waals surface area contributed by atoms with Crippen LogP contribution in [0.4, 0.5) is 10.7 Å². The fourth-order valence-electron chi connectivity index (χ4n) is 2.60. The van der Waals surface area contributed by atoms with Gasteiger partial charge in [-0.15, -0.1) is 11.3 Å². The predicted octanol–water partition coefficient (Wildman–Crippen LogP) is 2.48. The van der Waals surface area contributed by atoms with Crippen LogP contribution in [0.1, 0.15) is 42.8 Å². The van der Waals surface area contributed by atoms with Gasteiger partial charge in [0.15, 0.2) is 0 Å². The summed E-state index contributed by atoms with van der Waals surface area (Å²) in [7, 11) is 1.76. The summed E-state index contributed by atoms with van der Waals surface area (Å²) < 4.78 is 5.62. The van der Waals surface area contributed by atoms with Gasteiger partial charge in [-0.3, -0.25) is 4.79 Å². The van der Waals surface area contributed by atoms with Gasteiger partial charge in [-0.1, -0.05) is 6.92 Å². The molecule has 6 heteroatoms. The lowest BCUT2D eigenvalue weighted by molar-refractivity contribution is -0.00451. The van der Waals surface area contributed by atoms with Crippen molar-refractivity contribution in [2.45, 2.75) is 38.7 Å². The minimum absolute atomic E-state index is 0.0721. The molecule has 1 amide bonds. The van der Waals surface area contributed by atoms with Gasteiger partial charge in [0.2, 0.25) is 0 Å². The summed E-state index contributed by atoms with van der Waals surface area (Å²) in [5, 5.41) is 3.93. The number of nitrogens with two attached hydrogens (primary N) is 1. The molecule has 1 unspecified atom stereocenters. The van der Waals surface area contributed by atoms with Gasteiger partial charge in [-0.25, -0.2) is 0 Å². The number of hydrogen-bond acceptors (Lipinski definition) is 5. The number of carbonyl (C=O) groups excluding carboxylic acids is 1. The Balaban J connectivity index is 2.12. The molecule has 2 rings (SSSR count). The van der Waals surface area contributed by atoms with Crippen LogP contribution in [0, 0.1) is 0 Å². The van der Waals surface area contributed by atoms with E-state index >= 15 is 0 Å².